The highest BCUT2D eigenvalue weighted by molar-refractivity contribution is 9.11. The van der Waals surface area contributed by atoms with Crippen molar-refractivity contribution in [2.75, 3.05) is 6.61 Å². The molecule has 4 N–H and O–H groups in total. The van der Waals surface area contributed by atoms with Crippen LogP contribution >= 0.6 is 51.2 Å². The summed E-state index contributed by atoms with van der Waals surface area (Å²) < 4.78 is 6.50. The Kier molecular flexibility index (Phi) is 5.98. The third-order valence-electron chi connectivity index (χ3n) is 3.81. The highest BCUT2D eigenvalue weighted by Crippen LogP contribution is 2.38. The molecule has 136 valence electrons. The summed E-state index contributed by atoms with van der Waals surface area (Å²) >= 11 is 11.1. The summed E-state index contributed by atoms with van der Waals surface area (Å²) in [6.07, 6.45) is -5.34. The fourth-order valence-electron chi connectivity index (χ4n) is 2.53. The SMILES string of the molecule is O=C1/C(=C/c2ccc(Br)s2)SC(=S)N1[C@@H]1O[C@H](CO)[C@H](O)[C@H](O)[C@H]1O. The maximum absolute atomic E-state index is 12.7. The number of thioether (sulfide) groups is 1. The standard InChI is InChI=1S/C14H14BrNO6S3/c15-8-2-1-5(24-8)3-7-12(21)16(14(23)25-7)13-11(20)10(19)9(18)6(4-17)22-13/h1-3,6,9-11,13,17-20H,4H2/b7-3-/t6-,9+,10+,11-,13-/m1/s1. The molecule has 3 heterocycles. The average Bonchev–Trinajstić information content (AvgIpc) is 3.10. The van der Waals surface area contributed by atoms with Crippen LogP contribution in [0.15, 0.2) is 20.8 Å². The summed E-state index contributed by atoms with van der Waals surface area (Å²) in [5, 5.41) is 39.2. The van der Waals surface area contributed by atoms with Crippen molar-refractivity contribution < 1.29 is 30.0 Å². The van der Waals surface area contributed by atoms with E-state index < -0.39 is 43.2 Å². The van der Waals surface area contributed by atoms with Crippen LogP contribution in [0, 0.1) is 0 Å². The molecular formula is C14H14BrNO6S3. The predicted molar refractivity (Wildman–Crippen MR) is 101 cm³/mol. The molecule has 0 aromatic carbocycles. The summed E-state index contributed by atoms with van der Waals surface area (Å²) in [6.45, 7) is -0.574. The normalized spacial score (nSPS) is 35.0. The van der Waals surface area contributed by atoms with Crippen molar-refractivity contribution in [2.24, 2.45) is 0 Å². The van der Waals surface area contributed by atoms with Gasteiger partial charge in [0.15, 0.2) is 10.5 Å². The molecule has 2 aliphatic heterocycles. The number of amides is 1. The van der Waals surface area contributed by atoms with Crippen molar-refractivity contribution in [3.63, 3.8) is 0 Å². The van der Waals surface area contributed by atoms with Crippen LogP contribution in [-0.2, 0) is 9.53 Å². The first kappa shape index (κ1) is 19.4. The topological polar surface area (TPSA) is 110 Å². The Hall–Kier alpha value is -0.370. The molecule has 0 saturated carbocycles. The smallest absolute Gasteiger partial charge is 0.268 e. The van der Waals surface area contributed by atoms with Crippen LogP contribution in [0.4, 0.5) is 0 Å². The minimum atomic E-state index is -1.57. The van der Waals surface area contributed by atoms with Gasteiger partial charge in [0.25, 0.3) is 5.91 Å². The minimum absolute atomic E-state index is 0.163. The van der Waals surface area contributed by atoms with Gasteiger partial charge in [0.1, 0.15) is 24.4 Å². The van der Waals surface area contributed by atoms with Crippen molar-refractivity contribution >= 4 is 67.6 Å². The monoisotopic (exact) mass is 467 g/mol. The van der Waals surface area contributed by atoms with E-state index in [0.717, 1.165) is 25.3 Å². The molecule has 3 rings (SSSR count). The summed E-state index contributed by atoms with van der Waals surface area (Å²) in [5.41, 5.74) is 0. The number of nitrogens with zero attached hydrogens (tertiary/aromatic N) is 1. The van der Waals surface area contributed by atoms with Crippen molar-refractivity contribution in [1.82, 2.24) is 4.90 Å². The molecule has 2 saturated heterocycles. The average molecular weight is 468 g/mol. The molecule has 1 amide bonds. The molecule has 5 atom stereocenters. The van der Waals surface area contributed by atoms with Crippen molar-refractivity contribution in [3.05, 3.63) is 25.7 Å². The predicted octanol–water partition coefficient (Wildman–Crippen LogP) is 0.512. The Morgan fingerprint density at radius 3 is 2.60 bits per heavy atom. The van der Waals surface area contributed by atoms with Gasteiger partial charge in [-0.15, -0.1) is 11.3 Å². The molecule has 0 spiro atoms. The molecule has 11 heteroatoms. The summed E-state index contributed by atoms with van der Waals surface area (Å²) in [4.78, 5) is 15.0. The highest BCUT2D eigenvalue weighted by atomic mass is 79.9. The van der Waals surface area contributed by atoms with E-state index in [-0.39, 0.29) is 4.32 Å². The quantitative estimate of drug-likeness (QED) is 0.376. The van der Waals surface area contributed by atoms with Crippen molar-refractivity contribution in [1.29, 1.82) is 0 Å². The van der Waals surface area contributed by atoms with Gasteiger partial charge in [0.2, 0.25) is 0 Å². The highest BCUT2D eigenvalue weighted by Gasteiger charge is 2.50. The first-order valence-corrected chi connectivity index (χ1v) is 10.00. The van der Waals surface area contributed by atoms with E-state index in [2.05, 4.69) is 15.9 Å². The van der Waals surface area contributed by atoms with Crippen molar-refractivity contribution in [3.8, 4) is 0 Å². The number of carbonyl (C=O) groups is 1. The number of thiocarbonyl (C=S) groups is 1. The number of carbonyl (C=O) groups excluding carboxylic acids is 1. The van der Waals surface area contributed by atoms with Gasteiger partial charge in [-0.1, -0.05) is 24.0 Å². The zero-order valence-electron chi connectivity index (χ0n) is 12.5. The van der Waals surface area contributed by atoms with Gasteiger partial charge in [-0.2, -0.15) is 0 Å². The van der Waals surface area contributed by atoms with Gasteiger partial charge in [-0.25, -0.2) is 0 Å². The van der Waals surface area contributed by atoms with Gasteiger partial charge >= 0.3 is 0 Å². The lowest BCUT2D eigenvalue weighted by Crippen LogP contribution is -2.63. The zero-order valence-corrected chi connectivity index (χ0v) is 16.5. The third kappa shape index (κ3) is 3.70. The second-order valence-electron chi connectivity index (χ2n) is 5.41. The second kappa shape index (κ2) is 7.71. The van der Waals surface area contributed by atoms with E-state index in [4.69, 9.17) is 17.0 Å². The third-order valence-corrected chi connectivity index (χ3v) is 6.71. The van der Waals surface area contributed by atoms with E-state index in [1.165, 1.54) is 11.3 Å². The van der Waals surface area contributed by atoms with Gasteiger partial charge in [-0.3, -0.25) is 9.69 Å². The fraction of sp³-hybridized carbons (Fsp3) is 0.429. The van der Waals surface area contributed by atoms with E-state index in [0.29, 0.717) is 4.91 Å². The van der Waals surface area contributed by atoms with E-state index in [9.17, 15) is 25.2 Å². The molecular weight excluding hydrogens is 454 g/mol. The Morgan fingerprint density at radius 1 is 1.28 bits per heavy atom. The molecule has 2 aliphatic rings. The van der Waals surface area contributed by atoms with Crippen LogP contribution in [0.1, 0.15) is 4.88 Å². The molecule has 1 aromatic heterocycles. The van der Waals surface area contributed by atoms with Crippen LogP contribution in [-0.4, -0.2) is 72.8 Å². The molecule has 0 aliphatic carbocycles. The zero-order chi connectivity index (χ0) is 18.3. The number of aliphatic hydroxyl groups excluding tert-OH is 4. The Morgan fingerprint density at radius 2 is 2.00 bits per heavy atom. The number of ether oxygens (including phenoxy) is 1. The Bertz CT molecular complexity index is 723. The van der Waals surface area contributed by atoms with E-state index in [1.54, 1.807) is 6.08 Å². The number of thiophene rings is 1. The van der Waals surface area contributed by atoms with Gasteiger partial charge in [-0.05, 0) is 34.1 Å². The summed E-state index contributed by atoms with van der Waals surface area (Å²) in [7, 11) is 0. The van der Waals surface area contributed by atoms with Crippen LogP contribution < -0.4 is 0 Å². The molecule has 0 unspecified atom stereocenters. The lowest BCUT2D eigenvalue weighted by Gasteiger charge is -2.42. The van der Waals surface area contributed by atoms with Crippen LogP contribution in [0.2, 0.25) is 0 Å². The van der Waals surface area contributed by atoms with Gasteiger partial charge in [0, 0.05) is 4.88 Å². The van der Waals surface area contributed by atoms with Gasteiger partial charge < -0.3 is 25.2 Å². The maximum atomic E-state index is 12.7. The molecule has 2 fully saturated rings. The lowest BCUT2D eigenvalue weighted by atomic mass is 9.98. The van der Waals surface area contributed by atoms with Crippen LogP contribution in [0.5, 0.6) is 0 Å². The van der Waals surface area contributed by atoms with Gasteiger partial charge in [0.05, 0.1) is 15.3 Å². The second-order valence-corrected chi connectivity index (χ2v) is 9.58. The summed E-state index contributed by atoms with van der Waals surface area (Å²) in [6, 6.07) is 3.70. The Balaban J connectivity index is 1.86. The molecule has 0 bridgehead atoms. The number of halogens is 1. The molecule has 25 heavy (non-hydrogen) atoms. The fourth-order valence-corrected chi connectivity index (χ4v) is 5.27. The number of rotatable bonds is 3. The molecule has 1 aromatic rings. The van der Waals surface area contributed by atoms with Crippen LogP contribution in [0.25, 0.3) is 6.08 Å². The maximum Gasteiger partial charge on any atom is 0.268 e. The van der Waals surface area contributed by atoms with E-state index >= 15 is 0 Å². The largest absolute Gasteiger partial charge is 0.394 e. The van der Waals surface area contributed by atoms with Crippen molar-refractivity contribution in [2.45, 2.75) is 30.6 Å². The van der Waals surface area contributed by atoms with E-state index in [1.807, 2.05) is 12.1 Å². The molecule has 0 radical (unpaired) electrons. The minimum Gasteiger partial charge on any atom is -0.394 e. The Labute approximate surface area is 165 Å². The summed E-state index contributed by atoms with van der Waals surface area (Å²) in [5.74, 6) is -0.469. The lowest BCUT2D eigenvalue weighted by molar-refractivity contribution is -0.252. The number of hydrogen-bond donors (Lipinski definition) is 4. The van der Waals surface area contributed by atoms with Crippen LogP contribution in [0.3, 0.4) is 0 Å². The first-order chi connectivity index (χ1) is 11.8. The molecule has 7 nitrogen and oxygen atoms in total. The first-order valence-electron chi connectivity index (χ1n) is 7.16. The number of aliphatic hydroxyl groups is 4. The number of hydrogen-bond acceptors (Lipinski definition) is 9.